The number of fused-ring (bicyclic) bond motifs is 4. The zero-order valence-electron chi connectivity index (χ0n) is 21.0. The number of rotatable bonds is 3. The van der Waals surface area contributed by atoms with Crippen molar-refractivity contribution in [2.45, 2.75) is 49.5 Å². The Balaban J connectivity index is 1.28. The summed E-state index contributed by atoms with van der Waals surface area (Å²) in [5.74, 6) is -0.143. The van der Waals surface area contributed by atoms with E-state index < -0.39 is 63.3 Å². The number of H-pyrrole nitrogens is 1. The summed E-state index contributed by atoms with van der Waals surface area (Å²) >= 11 is 5.26. The van der Waals surface area contributed by atoms with E-state index in [-0.39, 0.29) is 36.2 Å². The van der Waals surface area contributed by atoms with Crippen molar-refractivity contribution in [2.75, 3.05) is 24.3 Å². The number of nitrogens with one attached hydrogen (secondary N) is 2. The molecule has 222 valence electrons. The molecule has 1 saturated carbocycles. The van der Waals surface area contributed by atoms with Crippen LogP contribution in [0, 0.1) is 5.92 Å². The molecule has 3 aromatic rings. The molecule has 0 radical (unpaired) electrons. The summed E-state index contributed by atoms with van der Waals surface area (Å²) in [7, 11) is -4.67. The van der Waals surface area contributed by atoms with E-state index in [4.69, 9.17) is 40.4 Å². The third-order valence-electron chi connectivity index (χ3n) is 6.98. The number of phosphoric acid groups is 1. The van der Waals surface area contributed by atoms with Crippen LogP contribution in [0.5, 0.6) is 0 Å². The molecule has 2 saturated heterocycles. The summed E-state index contributed by atoms with van der Waals surface area (Å²) in [6.07, 6.45) is -1.39. The molecule has 9 atom stereocenters. The number of aliphatic hydroxyl groups is 1. The van der Waals surface area contributed by atoms with Crippen LogP contribution in [0.25, 0.3) is 11.2 Å². The molecule has 21 heteroatoms. The number of aromatic amines is 1. The monoisotopic (exact) mass is 632 g/mol. The van der Waals surface area contributed by atoms with Crippen LogP contribution in [0.2, 0.25) is 0 Å². The van der Waals surface area contributed by atoms with E-state index in [1.807, 2.05) is 0 Å². The average molecular weight is 632 g/mol. The Morgan fingerprint density at radius 2 is 2.00 bits per heavy atom. The van der Waals surface area contributed by atoms with Crippen molar-refractivity contribution < 1.29 is 42.3 Å². The number of imidazole rings is 1. The standard InChI is InChI=1S/C20H26N8O10P2S/c21-20-26-17-14(18(30)27-20)24-8-28(17)19-16-15(29)12(36-19)6-34-39(31,32)37-11-4-10(25-13-1-2-22-7-23-13)3-9(11)5-35-40(33,41)38-16/h1-2,7-12,15-16,19,29H,3-6H2,(H,31,32)(H,33,41)(H,22,23,25)(H3,21,26,27,30)/t9?,10-,11+,12-,15-,16-,19-,40?/m1/s1. The summed E-state index contributed by atoms with van der Waals surface area (Å²) in [5.41, 5.74) is 5.00. The number of nitrogens with two attached hydrogens (primary N) is 1. The average Bonchev–Trinajstić information content (AvgIpc) is 3.57. The van der Waals surface area contributed by atoms with Gasteiger partial charge in [-0.15, -0.1) is 0 Å². The van der Waals surface area contributed by atoms with Gasteiger partial charge in [-0.1, -0.05) is 0 Å². The van der Waals surface area contributed by atoms with Gasteiger partial charge >= 0.3 is 14.5 Å². The van der Waals surface area contributed by atoms with Crippen LogP contribution >= 0.6 is 14.5 Å². The van der Waals surface area contributed by atoms with Crippen molar-refractivity contribution in [3.8, 4) is 0 Å². The highest BCUT2D eigenvalue weighted by Crippen LogP contribution is 2.54. The zero-order valence-corrected chi connectivity index (χ0v) is 23.6. The second kappa shape index (κ2) is 11.0. The lowest BCUT2D eigenvalue weighted by atomic mass is 10.1. The van der Waals surface area contributed by atoms with Crippen molar-refractivity contribution >= 4 is 49.3 Å². The second-order valence-corrected chi connectivity index (χ2v) is 13.9. The second-order valence-electron chi connectivity index (χ2n) is 9.74. The highest BCUT2D eigenvalue weighted by atomic mass is 32.5. The van der Waals surface area contributed by atoms with Gasteiger partial charge in [-0.2, -0.15) is 4.98 Å². The third kappa shape index (κ3) is 6.07. The van der Waals surface area contributed by atoms with Gasteiger partial charge in [0, 0.05) is 18.2 Å². The Kier molecular flexibility index (Phi) is 7.71. The Labute approximate surface area is 236 Å². The van der Waals surface area contributed by atoms with Crippen molar-refractivity contribution in [3.63, 3.8) is 0 Å². The number of nitrogens with zero attached hydrogens (tertiary/aromatic N) is 5. The van der Waals surface area contributed by atoms with Gasteiger partial charge in [-0.05, 0) is 30.7 Å². The summed E-state index contributed by atoms with van der Waals surface area (Å²) in [6, 6.07) is 1.45. The molecule has 0 spiro atoms. The van der Waals surface area contributed by atoms with Crippen LogP contribution in [0.3, 0.4) is 0 Å². The van der Waals surface area contributed by atoms with Crippen LogP contribution in [-0.4, -0.2) is 88.1 Å². The first-order valence-corrected chi connectivity index (χ1v) is 16.5. The fraction of sp³-hybridized carbons (Fsp3) is 0.550. The number of ether oxygens (including phenoxy) is 1. The lowest BCUT2D eigenvalue weighted by molar-refractivity contribution is -0.0541. The van der Waals surface area contributed by atoms with Gasteiger partial charge in [0.1, 0.15) is 30.5 Å². The molecular formula is C20H26N8O10P2S. The van der Waals surface area contributed by atoms with Crippen molar-refractivity contribution in [1.29, 1.82) is 0 Å². The Morgan fingerprint density at radius 1 is 1.17 bits per heavy atom. The molecule has 41 heavy (non-hydrogen) atoms. The van der Waals surface area contributed by atoms with E-state index in [9.17, 15) is 24.3 Å². The van der Waals surface area contributed by atoms with Crippen molar-refractivity contribution in [1.82, 2.24) is 29.5 Å². The maximum absolute atomic E-state index is 13.0. The predicted octanol–water partition coefficient (Wildman–Crippen LogP) is -0.225. The Morgan fingerprint density at radius 3 is 2.78 bits per heavy atom. The number of anilines is 2. The molecule has 1 aliphatic carbocycles. The number of phosphoric ester groups is 1. The molecule has 3 unspecified atom stereocenters. The molecular weight excluding hydrogens is 606 g/mol. The largest absolute Gasteiger partial charge is 0.472 e. The minimum absolute atomic E-state index is 0.000848. The molecule has 2 aliphatic heterocycles. The molecule has 3 aliphatic rings. The number of aromatic nitrogens is 6. The highest BCUT2D eigenvalue weighted by molar-refractivity contribution is 8.07. The summed E-state index contributed by atoms with van der Waals surface area (Å²) in [4.78, 5) is 52.3. The Hall–Kier alpha value is -2.41. The molecule has 0 aromatic carbocycles. The number of aliphatic hydroxyl groups excluding tert-OH is 1. The maximum Gasteiger partial charge on any atom is 0.472 e. The summed E-state index contributed by atoms with van der Waals surface area (Å²) in [6.45, 7) is -4.83. The van der Waals surface area contributed by atoms with Crippen LogP contribution in [0.15, 0.2) is 29.7 Å². The van der Waals surface area contributed by atoms with Crippen molar-refractivity contribution in [2.24, 2.45) is 5.92 Å². The van der Waals surface area contributed by atoms with E-state index in [0.717, 1.165) is 0 Å². The van der Waals surface area contributed by atoms with E-state index in [1.165, 1.54) is 17.2 Å². The van der Waals surface area contributed by atoms with Gasteiger partial charge < -0.3 is 35.2 Å². The topological polar surface area (TPSA) is 251 Å². The van der Waals surface area contributed by atoms with Gasteiger partial charge in [-0.3, -0.25) is 27.9 Å². The molecule has 7 N–H and O–H groups in total. The maximum atomic E-state index is 13.0. The zero-order chi connectivity index (χ0) is 28.9. The number of nitrogen functional groups attached to an aromatic ring is 1. The van der Waals surface area contributed by atoms with Crippen LogP contribution in [0.1, 0.15) is 19.1 Å². The van der Waals surface area contributed by atoms with Crippen LogP contribution < -0.4 is 16.6 Å². The minimum Gasteiger partial charge on any atom is -0.387 e. The summed E-state index contributed by atoms with van der Waals surface area (Å²) < 4.78 is 42.2. The van der Waals surface area contributed by atoms with E-state index in [2.05, 4.69) is 30.2 Å². The first kappa shape index (κ1) is 28.7. The van der Waals surface area contributed by atoms with Gasteiger partial charge in [-0.25, -0.2) is 19.5 Å². The lowest BCUT2D eigenvalue weighted by Crippen LogP contribution is -2.35. The van der Waals surface area contributed by atoms with Gasteiger partial charge in [0.2, 0.25) is 5.95 Å². The van der Waals surface area contributed by atoms with Gasteiger partial charge in [0.25, 0.3) is 5.56 Å². The minimum atomic E-state index is -4.67. The fourth-order valence-corrected chi connectivity index (χ4v) is 7.61. The molecule has 3 fully saturated rings. The molecule has 0 amide bonds. The quantitative estimate of drug-likeness (QED) is 0.204. The first-order chi connectivity index (χ1) is 19.5. The highest BCUT2D eigenvalue weighted by Gasteiger charge is 2.50. The molecule has 5 heterocycles. The van der Waals surface area contributed by atoms with Crippen molar-refractivity contribution in [3.05, 3.63) is 35.3 Å². The van der Waals surface area contributed by atoms with E-state index in [0.29, 0.717) is 12.2 Å². The van der Waals surface area contributed by atoms with Gasteiger partial charge in [0.05, 0.1) is 25.6 Å². The smallest absolute Gasteiger partial charge is 0.387 e. The fourth-order valence-electron chi connectivity index (χ4n) is 5.16. The van der Waals surface area contributed by atoms with Crippen LogP contribution in [0.4, 0.5) is 11.8 Å². The molecule has 18 nitrogen and oxygen atoms in total. The predicted molar refractivity (Wildman–Crippen MR) is 143 cm³/mol. The number of hydrogen-bond acceptors (Lipinski definition) is 15. The molecule has 2 bridgehead atoms. The van der Waals surface area contributed by atoms with Gasteiger partial charge in [0.15, 0.2) is 17.4 Å². The SMILES string of the molecule is Nc1nc2c(ncn2[C@@H]2O[C@@H]3COP(=O)(O)O[C@H]4C[C@H](Nc5ccncn5)CC4COP(O)(=S)O[C@@H]2[C@@H]3O)c(=O)[nH]1. The van der Waals surface area contributed by atoms with E-state index in [1.54, 1.807) is 12.3 Å². The molecule has 6 rings (SSSR count). The van der Waals surface area contributed by atoms with E-state index >= 15 is 0 Å². The molecule has 3 aromatic heterocycles. The lowest BCUT2D eigenvalue weighted by Gasteiger charge is -2.27. The number of hydrogen-bond donors (Lipinski definition) is 6. The summed E-state index contributed by atoms with van der Waals surface area (Å²) in [5, 5.41) is 14.3. The Bertz CT molecular complexity index is 1580. The first-order valence-electron chi connectivity index (χ1n) is 12.4. The third-order valence-corrected chi connectivity index (χ3v) is 9.55. The van der Waals surface area contributed by atoms with Crippen LogP contribution in [-0.2, 0) is 39.2 Å². The normalized spacial score (nSPS) is 38.1.